The number of hydrogen-bond donors (Lipinski definition) is 3. The molecule has 1 amide bonds. The van der Waals surface area contributed by atoms with Crippen molar-refractivity contribution in [3.8, 4) is 0 Å². The number of nitrogens with one attached hydrogen (secondary N) is 3. The van der Waals surface area contributed by atoms with Gasteiger partial charge in [0.25, 0.3) is 5.91 Å². The molecule has 30 heavy (non-hydrogen) atoms. The number of carbonyl (C=O) groups is 1. The van der Waals surface area contributed by atoms with Crippen molar-refractivity contribution in [2.24, 2.45) is 4.99 Å². The number of amides is 1. The Kier molecular flexibility index (Phi) is 10.3. The molecule has 2 saturated heterocycles. The van der Waals surface area contributed by atoms with E-state index in [0.717, 1.165) is 57.1 Å². The summed E-state index contributed by atoms with van der Waals surface area (Å²) in [6.45, 7) is 5.71. The van der Waals surface area contributed by atoms with Gasteiger partial charge in [0.1, 0.15) is 0 Å². The molecule has 168 valence electrons. The van der Waals surface area contributed by atoms with E-state index in [-0.39, 0.29) is 35.4 Å². The highest BCUT2D eigenvalue weighted by Crippen LogP contribution is 2.30. The molecule has 0 unspecified atom stereocenters. The maximum absolute atomic E-state index is 11.8. The van der Waals surface area contributed by atoms with E-state index in [1.54, 1.807) is 7.05 Å². The number of guanidine groups is 1. The zero-order chi connectivity index (χ0) is 20.5. The van der Waals surface area contributed by atoms with Gasteiger partial charge in [0, 0.05) is 51.5 Å². The third-order valence-corrected chi connectivity index (χ3v) is 6.13. The molecule has 2 heterocycles. The number of likely N-dealkylation sites (tertiary alicyclic amines) is 1. The molecule has 0 spiro atoms. The average molecular weight is 529 g/mol. The van der Waals surface area contributed by atoms with Gasteiger partial charge in [0.15, 0.2) is 5.96 Å². The molecule has 0 atom stereocenters. The summed E-state index contributed by atoms with van der Waals surface area (Å²) in [5.41, 5.74) is 2.00. The second-order valence-electron chi connectivity index (χ2n) is 7.91. The molecule has 1 aromatic rings. The van der Waals surface area contributed by atoms with Crippen LogP contribution in [-0.2, 0) is 11.2 Å². The lowest BCUT2D eigenvalue weighted by Gasteiger charge is -2.45. The van der Waals surface area contributed by atoms with Crippen molar-refractivity contribution in [3.63, 3.8) is 0 Å². The normalized spacial score (nSPS) is 19.1. The molecule has 2 fully saturated rings. The van der Waals surface area contributed by atoms with Gasteiger partial charge in [0.2, 0.25) is 0 Å². The van der Waals surface area contributed by atoms with Crippen molar-refractivity contribution in [3.05, 3.63) is 35.4 Å². The highest BCUT2D eigenvalue weighted by molar-refractivity contribution is 14.0. The molecule has 0 bridgehead atoms. The van der Waals surface area contributed by atoms with Crippen LogP contribution in [0.1, 0.15) is 41.6 Å². The van der Waals surface area contributed by atoms with Crippen LogP contribution < -0.4 is 16.0 Å². The van der Waals surface area contributed by atoms with Gasteiger partial charge in [0.05, 0.1) is 0 Å². The number of halogens is 1. The van der Waals surface area contributed by atoms with Gasteiger partial charge in [-0.25, -0.2) is 0 Å². The first-order valence-corrected chi connectivity index (χ1v) is 10.8. The fraction of sp³-hybridized carbons (Fsp3) is 0.636. The number of nitrogens with zero attached hydrogens (tertiary/aromatic N) is 2. The maximum atomic E-state index is 11.8. The third kappa shape index (κ3) is 6.55. The molecule has 2 aliphatic rings. The van der Waals surface area contributed by atoms with Crippen LogP contribution in [0.15, 0.2) is 29.3 Å². The Labute approximate surface area is 197 Å². The van der Waals surface area contributed by atoms with Gasteiger partial charge in [-0.3, -0.25) is 14.7 Å². The zero-order valence-electron chi connectivity index (χ0n) is 18.2. The third-order valence-electron chi connectivity index (χ3n) is 6.13. The first-order chi connectivity index (χ1) is 14.2. The molecule has 3 rings (SSSR count). The van der Waals surface area contributed by atoms with Crippen molar-refractivity contribution < 1.29 is 9.53 Å². The average Bonchev–Trinajstić information content (AvgIpc) is 3.32. The van der Waals surface area contributed by atoms with Crippen molar-refractivity contribution >= 4 is 35.8 Å². The maximum Gasteiger partial charge on any atom is 0.251 e. The largest absolute Gasteiger partial charge is 0.381 e. The molecule has 8 heteroatoms. The molecular weight excluding hydrogens is 493 g/mol. The molecular formula is C22H36IN5O2. The van der Waals surface area contributed by atoms with Gasteiger partial charge >= 0.3 is 0 Å². The van der Waals surface area contributed by atoms with E-state index < -0.39 is 0 Å². The number of hydrogen-bond acceptors (Lipinski definition) is 4. The van der Waals surface area contributed by atoms with Crippen LogP contribution >= 0.6 is 24.0 Å². The predicted octanol–water partition coefficient (Wildman–Crippen LogP) is 2.02. The molecule has 3 N–H and O–H groups in total. The Morgan fingerprint density at radius 1 is 1.20 bits per heavy atom. The van der Waals surface area contributed by atoms with Crippen LogP contribution in [0.4, 0.5) is 0 Å². The topological polar surface area (TPSA) is 78.0 Å². The lowest BCUT2D eigenvalue weighted by atomic mass is 9.88. The molecule has 0 aliphatic carbocycles. The van der Waals surface area contributed by atoms with Gasteiger partial charge < -0.3 is 20.7 Å². The molecule has 0 aromatic heterocycles. The number of aliphatic imine (C=N–C) groups is 1. The first-order valence-electron chi connectivity index (χ1n) is 10.8. The standard InChI is InChI=1S/C22H35N5O2.HI/c1-23-20(28)19-7-5-6-18(16-19)8-11-25-21(24-2)26-17-22(9-14-29-15-10-22)27-12-3-4-13-27;/h5-7,16H,3-4,8-15,17H2,1-2H3,(H,23,28)(H2,24,25,26);1H. The molecule has 7 nitrogen and oxygen atoms in total. The van der Waals surface area contributed by atoms with Crippen molar-refractivity contribution in [2.45, 2.75) is 37.6 Å². The van der Waals surface area contributed by atoms with E-state index in [2.05, 4.69) is 31.9 Å². The van der Waals surface area contributed by atoms with E-state index in [1.165, 1.54) is 25.9 Å². The molecule has 2 aliphatic heterocycles. The summed E-state index contributed by atoms with van der Waals surface area (Å²) in [5, 5.41) is 9.65. The quantitative estimate of drug-likeness (QED) is 0.286. The zero-order valence-corrected chi connectivity index (χ0v) is 20.5. The van der Waals surface area contributed by atoms with Crippen molar-refractivity contribution in [1.29, 1.82) is 0 Å². The lowest BCUT2D eigenvalue weighted by Crippen LogP contribution is -2.58. The van der Waals surface area contributed by atoms with Crippen molar-refractivity contribution in [2.75, 3.05) is 53.5 Å². The van der Waals surface area contributed by atoms with E-state index in [9.17, 15) is 4.79 Å². The van der Waals surface area contributed by atoms with Crippen LogP contribution in [0, 0.1) is 0 Å². The SMILES string of the molecule is CN=C(NCCc1cccc(C(=O)NC)c1)NCC1(N2CCCC2)CCOCC1.I. The minimum Gasteiger partial charge on any atom is -0.381 e. The Hall–Kier alpha value is -1.39. The number of rotatable bonds is 7. The Bertz CT molecular complexity index is 701. The van der Waals surface area contributed by atoms with Crippen LogP contribution in [0.25, 0.3) is 0 Å². The Morgan fingerprint density at radius 2 is 1.93 bits per heavy atom. The van der Waals surface area contributed by atoms with Gasteiger partial charge in [-0.2, -0.15) is 0 Å². The van der Waals surface area contributed by atoms with Crippen LogP contribution in [-0.4, -0.2) is 75.8 Å². The van der Waals surface area contributed by atoms with Gasteiger partial charge in [-0.15, -0.1) is 24.0 Å². The molecule has 1 aromatic carbocycles. The summed E-state index contributed by atoms with van der Waals surface area (Å²) >= 11 is 0. The number of carbonyl (C=O) groups excluding carboxylic acids is 1. The van der Waals surface area contributed by atoms with Crippen LogP contribution in [0.3, 0.4) is 0 Å². The van der Waals surface area contributed by atoms with E-state index in [4.69, 9.17) is 4.74 Å². The first kappa shape index (κ1) is 24.9. The Balaban J connectivity index is 0.00000320. The summed E-state index contributed by atoms with van der Waals surface area (Å²) in [6, 6.07) is 7.76. The van der Waals surface area contributed by atoms with Crippen LogP contribution in [0.5, 0.6) is 0 Å². The van der Waals surface area contributed by atoms with E-state index in [0.29, 0.717) is 5.56 Å². The summed E-state index contributed by atoms with van der Waals surface area (Å²) in [4.78, 5) is 18.9. The minimum atomic E-state index is -0.0547. The summed E-state index contributed by atoms with van der Waals surface area (Å²) in [5.74, 6) is 0.776. The summed E-state index contributed by atoms with van der Waals surface area (Å²) in [6.07, 6.45) is 5.57. The summed E-state index contributed by atoms with van der Waals surface area (Å²) < 4.78 is 5.64. The van der Waals surface area contributed by atoms with E-state index >= 15 is 0 Å². The minimum absolute atomic E-state index is 0. The highest BCUT2D eigenvalue weighted by atomic mass is 127. The fourth-order valence-electron chi connectivity index (χ4n) is 4.35. The number of benzene rings is 1. The fourth-order valence-corrected chi connectivity index (χ4v) is 4.35. The van der Waals surface area contributed by atoms with Crippen molar-refractivity contribution in [1.82, 2.24) is 20.9 Å². The second kappa shape index (κ2) is 12.5. The smallest absolute Gasteiger partial charge is 0.251 e. The predicted molar refractivity (Wildman–Crippen MR) is 132 cm³/mol. The van der Waals surface area contributed by atoms with Gasteiger partial charge in [-0.05, 0) is 62.9 Å². The molecule has 0 saturated carbocycles. The second-order valence-corrected chi connectivity index (χ2v) is 7.91. The molecule has 0 radical (unpaired) electrons. The number of ether oxygens (including phenoxy) is 1. The van der Waals surface area contributed by atoms with Crippen LogP contribution in [0.2, 0.25) is 0 Å². The van der Waals surface area contributed by atoms with Gasteiger partial charge in [-0.1, -0.05) is 12.1 Å². The summed E-state index contributed by atoms with van der Waals surface area (Å²) in [7, 11) is 3.47. The Morgan fingerprint density at radius 3 is 2.60 bits per heavy atom. The highest BCUT2D eigenvalue weighted by Gasteiger charge is 2.39. The monoisotopic (exact) mass is 529 g/mol. The van der Waals surface area contributed by atoms with E-state index in [1.807, 2.05) is 25.2 Å². The lowest BCUT2D eigenvalue weighted by molar-refractivity contribution is -0.0164.